The largest absolute Gasteiger partial charge is 0.481 e. The first-order chi connectivity index (χ1) is 8.25. The molecule has 0 saturated carbocycles. The molecule has 100 valence electrons. The molecular formula is C13H17F2NO2. The van der Waals surface area contributed by atoms with Gasteiger partial charge in [0.25, 0.3) is 5.92 Å². The van der Waals surface area contributed by atoms with Crippen molar-refractivity contribution in [2.75, 3.05) is 0 Å². The second-order valence-electron chi connectivity index (χ2n) is 4.60. The van der Waals surface area contributed by atoms with Gasteiger partial charge >= 0.3 is 5.97 Å². The first kappa shape index (κ1) is 14.6. The fourth-order valence-corrected chi connectivity index (χ4v) is 1.59. The Hall–Kier alpha value is -1.49. The third-order valence-electron chi connectivity index (χ3n) is 2.84. The highest BCUT2D eigenvalue weighted by molar-refractivity contribution is 5.67. The van der Waals surface area contributed by atoms with E-state index in [4.69, 9.17) is 10.8 Å². The maximum Gasteiger partial charge on any atom is 0.305 e. The summed E-state index contributed by atoms with van der Waals surface area (Å²) in [6.07, 6.45) is -0.222. The van der Waals surface area contributed by atoms with Crippen LogP contribution >= 0.6 is 0 Å². The molecule has 0 aliphatic heterocycles. The Morgan fingerprint density at radius 1 is 1.33 bits per heavy atom. The minimum atomic E-state index is -2.89. The van der Waals surface area contributed by atoms with E-state index in [0.29, 0.717) is 5.56 Å². The van der Waals surface area contributed by atoms with Gasteiger partial charge in [-0.3, -0.25) is 4.79 Å². The zero-order valence-electron chi connectivity index (χ0n) is 10.4. The average molecular weight is 257 g/mol. The zero-order valence-corrected chi connectivity index (χ0v) is 10.4. The van der Waals surface area contributed by atoms with Crippen molar-refractivity contribution < 1.29 is 18.7 Å². The molecule has 0 aliphatic rings. The lowest BCUT2D eigenvalue weighted by Crippen LogP contribution is -2.21. The summed E-state index contributed by atoms with van der Waals surface area (Å²) in [6.45, 7) is 2.90. The van der Waals surface area contributed by atoms with Crippen LogP contribution in [0.25, 0.3) is 0 Å². The van der Waals surface area contributed by atoms with Crippen LogP contribution in [0.4, 0.5) is 8.78 Å². The number of rotatable bonds is 5. The molecule has 0 heterocycles. The summed E-state index contributed by atoms with van der Waals surface area (Å²) < 4.78 is 27.4. The van der Waals surface area contributed by atoms with Crippen LogP contribution in [0.1, 0.15) is 37.4 Å². The number of hydrogen-bond donors (Lipinski definition) is 2. The highest BCUT2D eigenvalue weighted by Crippen LogP contribution is 2.35. The van der Waals surface area contributed by atoms with E-state index in [-0.39, 0.29) is 12.0 Å². The van der Waals surface area contributed by atoms with E-state index < -0.39 is 23.9 Å². The highest BCUT2D eigenvalue weighted by atomic mass is 19.3. The molecular weight excluding hydrogens is 240 g/mol. The molecule has 0 saturated heterocycles. The van der Waals surface area contributed by atoms with Gasteiger partial charge in [-0.2, -0.15) is 0 Å². The standard InChI is InChI=1S/C13H17F2NO2/c1-8(2)13(14,15)10-5-3-9(4-6-10)11(16)7-12(17)18/h3-6,8,11H,7,16H2,1-2H3,(H,17,18). The van der Waals surface area contributed by atoms with Crippen LogP contribution in [0.5, 0.6) is 0 Å². The van der Waals surface area contributed by atoms with Crippen LogP contribution in [-0.2, 0) is 10.7 Å². The van der Waals surface area contributed by atoms with Crippen molar-refractivity contribution in [1.29, 1.82) is 0 Å². The number of aliphatic carboxylic acids is 1. The first-order valence-corrected chi connectivity index (χ1v) is 5.70. The van der Waals surface area contributed by atoms with E-state index in [0.717, 1.165) is 0 Å². The fraction of sp³-hybridized carbons (Fsp3) is 0.462. The molecule has 1 aromatic rings. The number of carboxylic acid groups (broad SMARTS) is 1. The summed E-state index contributed by atoms with van der Waals surface area (Å²) in [5.41, 5.74) is 6.11. The molecule has 1 aromatic carbocycles. The molecule has 0 aliphatic carbocycles. The van der Waals surface area contributed by atoms with Crippen LogP contribution < -0.4 is 5.73 Å². The fourth-order valence-electron chi connectivity index (χ4n) is 1.59. The topological polar surface area (TPSA) is 63.3 Å². The number of carbonyl (C=O) groups is 1. The first-order valence-electron chi connectivity index (χ1n) is 5.70. The monoisotopic (exact) mass is 257 g/mol. The molecule has 5 heteroatoms. The van der Waals surface area contributed by atoms with Crippen LogP contribution in [0.2, 0.25) is 0 Å². The molecule has 1 unspecified atom stereocenters. The van der Waals surface area contributed by atoms with Crippen molar-refractivity contribution in [3.05, 3.63) is 35.4 Å². The summed E-state index contributed by atoms with van der Waals surface area (Å²) in [4.78, 5) is 10.5. The second kappa shape index (κ2) is 5.44. The van der Waals surface area contributed by atoms with Gasteiger partial charge in [0.1, 0.15) is 0 Å². The van der Waals surface area contributed by atoms with Crippen molar-refractivity contribution in [1.82, 2.24) is 0 Å². The molecule has 0 radical (unpaired) electrons. The Kier molecular flexibility index (Phi) is 4.40. The van der Waals surface area contributed by atoms with Crippen LogP contribution in [0, 0.1) is 5.92 Å². The van der Waals surface area contributed by atoms with Crippen molar-refractivity contribution in [3.8, 4) is 0 Å². The number of nitrogens with two attached hydrogens (primary N) is 1. The number of carboxylic acids is 1. The Morgan fingerprint density at radius 3 is 2.22 bits per heavy atom. The molecule has 0 spiro atoms. The third kappa shape index (κ3) is 3.26. The minimum absolute atomic E-state index is 0.0798. The van der Waals surface area contributed by atoms with E-state index in [2.05, 4.69) is 0 Å². The van der Waals surface area contributed by atoms with E-state index in [1.54, 1.807) is 0 Å². The number of alkyl halides is 2. The van der Waals surface area contributed by atoms with E-state index in [1.807, 2.05) is 0 Å². The Morgan fingerprint density at radius 2 is 1.83 bits per heavy atom. The molecule has 0 fully saturated rings. The van der Waals surface area contributed by atoms with Crippen molar-refractivity contribution >= 4 is 5.97 Å². The van der Waals surface area contributed by atoms with Crippen LogP contribution in [-0.4, -0.2) is 11.1 Å². The van der Waals surface area contributed by atoms with Gasteiger partial charge in [0, 0.05) is 17.5 Å². The van der Waals surface area contributed by atoms with Gasteiger partial charge in [-0.05, 0) is 5.56 Å². The summed E-state index contributed by atoms with van der Waals surface area (Å²) in [5, 5.41) is 8.60. The molecule has 1 atom stereocenters. The maximum absolute atomic E-state index is 13.7. The van der Waals surface area contributed by atoms with E-state index in [9.17, 15) is 13.6 Å². The quantitative estimate of drug-likeness (QED) is 0.852. The Balaban J connectivity index is 2.89. The van der Waals surface area contributed by atoms with Gasteiger partial charge < -0.3 is 10.8 Å². The van der Waals surface area contributed by atoms with Gasteiger partial charge in [0.2, 0.25) is 0 Å². The van der Waals surface area contributed by atoms with Gasteiger partial charge in [-0.1, -0.05) is 38.1 Å². The van der Waals surface area contributed by atoms with Gasteiger partial charge in [-0.25, -0.2) is 8.78 Å². The molecule has 0 aromatic heterocycles. The third-order valence-corrected chi connectivity index (χ3v) is 2.84. The second-order valence-corrected chi connectivity index (χ2v) is 4.60. The molecule has 3 N–H and O–H groups in total. The molecule has 0 bridgehead atoms. The van der Waals surface area contributed by atoms with Crippen molar-refractivity contribution in [2.45, 2.75) is 32.2 Å². The summed E-state index contributed by atoms with van der Waals surface area (Å²) >= 11 is 0. The normalized spacial score (nSPS) is 13.7. The Labute approximate surface area is 105 Å². The average Bonchev–Trinajstić information content (AvgIpc) is 2.28. The summed E-state index contributed by atoms with van der Waals surface area (Å²) in [5.74, 6) is -4.70. The van der Waals surface area contributed by atoms with E-state index >= 15 is 0 Å². The lowest BCUT2D eigenvalue weighted by atomic mass is 9.95. The molecule has 3 nitrogen and oxygen atoms in total. The van der Waals surface area contributed by atoms with Crippen LogP contribution in [0.15, 0.2) is 24.3 Å². The lowest BCUT2D eigenvalue weighted by molar-refractivity contribution is -0.137. The molecule has 18 heavy (non-hydrogen) atoms. The summed E-state index contributed by atoms with van der Waals surface area (Å²) in [6, 6.07) is 4.84. The smallest absolute Gasteiger partial charge is 0.305 e. The predicted octanol–water partition coefficient (Wildman–Crippen LogP) is 2.91. The van der Waals surface area contributed by atoms with Gasteiger partial charge in [-0.15, -0.1) is 0 Å². The highest BCUT2D eigenvalue weighted by Gasteiger charge is 2.35. The Bertz CT molecular complexity index is 416. The molecule has 1 rings (SSSR count). The van der Waals surface area contributed by atoms with E-state index in [1.165, 1.54) is 38.1 Å². The zero-order chi connectivity index (χ0) is 13.9. The van der Waals surface area contributed by atoms with Gasteiger partial charge in [0.05, 0.1) is 6.42 Å². The van der Waals surface area contributed by atoms with Crippen molar-refractivity contribution in [2.24, 2.45) is 11.7 Å². The van der Waals surface area contributed by atoms with Gasteiger partial charge in [0.15, 0.2) is 0 Å². The number of benzene rings is 1. The van der Waals surface area contributed by atoms with Crippen LogP contribution in [0.3, 0.4) is 0 Å². The minimum Gasteiger partial charge on any atom is -0.481 e. The number of hydrogen-bond acceptors (Lipinski definition) is 2. The number of halogens is 2. The molecule has 0 amide bonds. The SMILES string of the molecule is CC(C)C(F)(F)c1ccc(C(N)CC(=O)O)cc1. The predicted molar refractivity (Wildman–Crippen MR) is 64.4 cm³/mol. The lowest BCUT2D eigenvalue weighted by Gasteiger charge is -2.21. The summed E-state index contributed by atoms with van der Waals surface area (Å²) in [7, 11) is 0. The maximum atomic E-state index is 13.7. The van der Waals surface area contributed by atoms with Crippen molar-refractivity contribution in [3.63, 3.8) is 0 Å².